The highest BCUT2D eigenvalue weighted by atomic mass is 16.3. The number of nitrogens with zero attached hydrogens (tertiary/aromatic N) is 1. The van der Waals surface area contributed by atoms with Crippen molar-refractivity contribution in [2.24, 2.45) is 0 Å². The first-order valence-corrected chi connectivity index (χ1v) is 7.19. The number of nitrogens with one attached hydrogen (secondary N) is 3. The second-order valence-electron chi connectivity index (χ2n) is 5.09. The number of carbonyl (C=O) groups is 2. The maximum absolute atomic E-state index is 12.0. The van der Waals surface area contributed by atoms with Crippen LogP contribution in [0.25, 0.3) is 0 Å². The van der Waals surface area contributed by atoms with Gasteiger partial charge < -0.3 is 15.1 Å². The largest absolute Gasteiger partial charge is 0.466 e. The predicted molar refractivity (Wildman–Crippen MR) is 81.7 cm³/mol. The fraction of sp³-hybridized carbons (Fsp3) is 0.400. The second kappa shape index (κ2) is 6.93. The molecule has 0 aliphatic rings. The van der Waals surface area contributed by atoms with Gasteiger partial charge in [-0.2, -0.15) is 5.10 Å². The van der Waals surface area contributed by atoms with E-state index in [1.54, 1.807) is 26.0 Å². The topological polar surface area (TPSA) is 100 Å². The highest BCUT2D eigenvalue weighted by Gasteiger charge is 2.14. The quantitative estimate of drug-likeness (QED) is 0.759. The number of aromatic nitrogens is 2. The van der Waals surface area contributed by atoms with Crippen LogP contribution in [0, 0.1) is 13.8 Å². The molecule has 2 rings (SSSR count). The summed E-state index contributed by atoms with van der Waals surface area (Å²) < 4.78 is 5.29. The van der Waals surface area contributed by atoms with Crippen LogP contribution in [0.5, 0.6) is 0 Å². The Morgan fingerprint density at radius 1 is 1.32 bits per heavy atom. The number of aryl methyl sites for hydroxylation is 3. The van der Waals surface area contributed by atoms with Crippen LogP contribution in [0.1, 0.15) is 40.9 Å². The second-order valence-corrected chi connectivity index (χ2v) is 5.09. The normalized spacial score (nSPS) is 10.5. The summed E-state index contributed by atoms with van der Waals surface area (Å²) in [5.41, 5.74) is 1.40. The van der Waals surface area contributed by atoms with E-state index in [9.17, 15) is 9.59 Å². The molecule has 2 aromatic heterocycles. The van der Waals surface area contributed by atoms with E-state index < -0.39 is 0 Å². The zero-order valence-corrected chi connectivity index (χ0v) is 12.9. The average Bonchev–Trinajstić information content (AvgIpc) is 3.03. The van der Waals surface area contributed by atoms with Crippen LogP contribution < -0.4 is 10.6 Å². The van der Waals surface area contributed by atoms with Gasteiger partial charge in [-0.15, -0.1) is 0 Å². The van der Waals surface area contributed by atoms with Crippen molar-refractivity contribution in [1.29, 1.82) is 0 Å². The standard InChI is InChI=1S/C15H20N4O3/c1-4-5-11-7-13(19-18-11)17-14(20)8-16-15(21)12-6-9(2)22-10(12)3/h6-7H,4-5,8H2,1-3H3,(H,16,21)(H2,17,18,19,20). The molecule has 0 atom stereocenters. The summed E-state index contributed by atoms with van der Waals surface area (Å²) in [6.45, 7) is 5.41. The first kappa shape index (κ1) is 15.8. The van der Waals surface area contributed by atoms with E-state index in [0.29, 0.717) is 22.9 Å². The summed E-state index contributed by atoms with van der Waals surface area (Å²) >= 11 is 0. The van der Waals surface area contributed by atoms with Crippen LogP contribution in [-0.2, 0) is 11.2 Å². The molecule has 2 heterocycles. The molecule has 0 fully saturated rings. The molecule has 0 unspecified atom stereocenters. The monoisotopic (exact) mass is 304 g/mol. The minimum atomic E-state index is -0.335. The molecule has 2 aromatic rings. The minimum absolute atomic E-state index is 0.127. The lowest BCUT2D eigenvalue weighted by Crippen LogP contribution is -2.33. The third kappa shape index (κ3) is 3.97. The lowest BCUT2D eigenvalue weighted by atomic mass is 10.2. The van der Waals surface area contributed by atoms with Crippen LogP contribution in [0.15, 0.2) is 16.5 Å². The lowest BCUT2D eigenvalue weighted by molar-refractivity contribution is -0.115. The molecule has 0 radical (unpaired) electrons. The molecule has 2 amide bonds. The number of H-pyrrole nitrogens is 1. The Hall–Kier alpha value is -2.57. The van der Waals surface area contributed by atoms with Crippen LogP contribution in [0.2, 0.25) is 0 Å². The Kier molecular flexibility index (Phi) is 4.98. The van der Waals surface area contributed by atoms with Crippen molar-refractivity contribution < 1.29 is 14.0 Å². The molecule has 7 heteroatoms. The van der Waals surface area contributed by atoms with Crippen molar-refractivity contribution in [2.75, 3.05) is 11.9 Å². The van der Waals surface area contributed by atoms with E-state index in [4.69, 9.17) is 4.42 Å². The van der Waals surface area contributed by atoms with E-state index in [-0.39, 0.29) is 18.4 Å². The van der Waals surface area contributed by atoms with Crippen molar-refractivity contribution in [3.05, 3.63) is 34.9 Å². The van der Waals surface area contributed by atoms with Gasteiger partial charge in [-0.3, -0.25) is 14.7 Å². The summed E-state index contributed by atoms with van der Waals surface area (Å²) in [6, 6.07) is 3.43. The number of carbonyl (C=O) groups excluding carboxylic acids is 2. The zero-order valence-electron chi connectivity index (χ0n) is 12.9. The Bertz CT molecular complexity index is 672. The molecule has 0 saturated carbocycles. The molecule has 0 aliphatic carbocycles. The van der Waals surface area contributed by atoms with Gasteiger partial charge >= 0.3 is 0 Å². The lowest BCUT2D eigenvalue weighted by Gasteiger charge is -2.04. The van der Waals surface area contributed by atoms with Crippen LogP contribution in [0.3, 0.4) is 0 Å². The summed E-state index contributed by atoms with van der Waals surface area (Å²) in [5.74, 6) is 0.982. The number of anilines is 1. The van der Waals surface area contributed by atoms with E-state index in [1.165, 1.54) is 0 Å². The number of amides is 2. The molecule has 3 N–H and O–H groups in total. The van der Waals surface area contributed by atoms with Crippen LogP contribution >= 0.6 is 0 Å². The van der Waals surface area contributed by atoms with Crippen molar-refractivity contribution in [3.8, 4) is 0 Å². The minimum Gasteiger partial charge on any atom is -0.466 e. The SMILES string of the molecule is CCCc1cc(NC(=O)CNC(=O)c2cc(C)oc2C)n[nH]1. The molecule has 0 saturated heterocycles. The number of aromatic amines is 1. The van der Waals surface area contributed by atoms with E-state index >= 15 is 0 Å². The Balaban J connectivity index is 1.84. The summed E-state index contributed by atoms with van der Waals surface area (Å²) in [6.07, 6.45) is 1.87. The maximum Gasteiger partial charge on any atom is 0.255 e. The number of rotatable bonds is 6. The molecule has 22 heavy (non-hydrogen) atoms. The molecule has 0 spiro atoms. The van der Waals surface area contributed by atoms with Crippen LogP contribution in [0.4, 0.5) is 5.82 Å². The fourth-order valence-corrected chi connectivity index (χ4v) is 2.12. The Morgan fingerprint density at radius 3 is 2.73 bits per heavy atom. The third-order valence-electron chi connectivity index (χ3n) is 3.11. The molecule has 0 aliphatic heterocycles. The summed E-state index contributed by atoms with van der Waals surface area (Å²) in [4.78, 5) is 23.8. The first-order valence-electron chi connectivity index (χ1n) is 7.19. The maximum atomic E-state index is 12.0. The van der Waals surface area contributed by atoms with Gasteiger partial charge in [0.2, 0.25) is 5.91 Å². The number of furan rings is 1. The Labute approximate surface area is 128 Å². The molecular formula is C15H20N4O3. The smallest absolute Gasteiger partial charge is 0.255 e. The third-order valence-corrected chi connectivity index (χ3v) is 3.11. The molecule has 7 nitrogen and oxygen atoms in total. The van der Waals surface area contributed by atoms with Crippen molar-refractivity contribution in [3.63, 3.8) is 0 Å². The van der Waals surface area contributed by atoms with Gasteiger partial charge in [0, 0.05) is 11.8 Å². The average molecular weight is 304 g/mol. The van der Waals surface area contributed by atoms with Gasteiger partial charge in [-0.05, 0) is 26.3 Å². The van der Waals surface area contributed by atoms with Gasteiger partial charge in [0.1, 0.15) is 11.5 Å². The summed E-state index contributed by atoms with van der Waals surface area (Å²) in [5, 5.41) is 12.0. The van der Waals surface area contributed by atoms with Crippen molar-refractivity contribution in [1.82, 2.24) is 15.5 Å². The predicted octanol–water partition coefficient (Wildman–Crippen LogP) is 1.94. The van der Waals surface area contributed by atoms with Gasteiger partial charge in [-0.25, -0.2) is 0 Å². The molecule has 0 aromatic carbocycles. The van der Waals surface area contributed by atoms with E-state index in [1.807, 2.05) is 0 Å². The molecular weight excluding hydrogens is 284 g/mol. The summed E-state index contributed by atoms with van der Waals surface area (Å²) in [7, 11) is 0. The number of hydrogen-bond donors (Lipinski definition) is 3. The van der Waals surface area contributed by atoms with Gasteiger partial charge in [-0.1, -0.05) is 13.3 Å². The Morgan fingerprint density at radius 2 is 2.09 bits per heavy atom. The van der Waals surface area contributed by atoms with E-state index in [2.05, 4.69) is 27.8 Å². The first-order chi connectivity index (χ1) is 10.5. The van der Waals surface area contributed by atoms with Crippen molar-refractivity contribution >= 4 is 17.6 Å². The molecule has 118 valence electrons. The van der Waals surface area contributed by atoms with Crippen LogP contribution in [-0.4, -0.2) is 28.6 Å². The highest BCUT2D eigenvalue weighted by molar-refractivity contribution is 5.99. The zero-order chi connectivity index (χ0) is 16.1. The number of hydrogen-bond acceptors (Lipinski definition) is 4. The van der Waals surface area contributed by atoms with Gasteiger partial charge in [0.05, 0.1) is 12.1 Å². The van der Waals surface area contributed by atoms with Gasteiger partial charge in [0.25, 0.3) is 5.91 Å². The van der Waals surface area contributed by atoms with Crippen molar-refractivity contribution in [2.45, 2.75) is 33.6 Å². The van der Waals surface area contributed by atoms with Gasteiger partial charge in [0.15, 0.2) is 5.82 Å². The highest BCUT2D eigenvalue weighted by Crippen LogP contribution is 2.13. The fourth-order valence-electron chi connectivity index (χ4n) is 2.12. The van der Waals surface area contributed by atoms with E-state index in [0.717, 1.165) is 18.5 Å². The molecule has 0 bridgehead atoms.